The Kier molecular flexibility index (Phi) is 8.47. The van der Waals surface area contributed by atoms with Crippen LogP contribution in [-0.2, 0) is 14.8 Å². The highest BCUT2D eigenvalue weighted by molar-refractivity contribution is 7.92. The molecule has 2 N–H and O–H groups in total. The van der Waals surface area contributed by atoms with Crippen LogP contribution < -0.4 is 14.8 Å². The largest absolute Gasteiger partial charge is 0.492 e. The van der Waals surface area contributed by atoms with Crippen molar-refractivity contribution in [2.75, 3.05) is 16.6 Å². The summed E-state index contributed by atoms with van der Waals surface area (Å²) in [5, 5.41) is 3.69. The van der Waals surface area contributed by atoms with Crippen molar-refractivity contribution in [1.29, 1.82) is 0 Å². The molecule has 0 fully saturated rings. The second kappa shape index (κ2) is 11.1. The number of halogens is 2. The highest BCUT2D eigenvalue weighted by Crippen LogP contribution is 2.28. The maximum Gasteiger partial charge on any atom is 0.261 e. The molecule has 34 heavy (non-hydrogen) atoms. The van der Waals surface area contributed by atoms with Crippen molar-refractivity contribution in [3.8, 4) is 5.75 Å². The van der Waals surface area contributed by atoms with Crippen LogP contribution in [0.2, 0.25) is 10.0 Å². The minimum absolute atomic E-state index is 0.109. The van der Waals surface area contributed by atoms with Gasteiger partial charge < -0.3 is 10.1 Å². The second-order valence-corrected chi connectivity index (χ2v) is 10.5. The Hall–Kier alpha value is -2.74. The predicted molar refractivity (Wildman–Crippen MR) is 138 cm³/mol. The predicted octanol–water partition coefficient (Wildman–Crippen LogP) is 6.52. The molecule has 0 unspecified atom stereocenters. The lowest BCUT2D eigenvalue weighted by atomic mass is 10.1. The molecule has 3 aromatic carbocycles. The Balaban J connectivity index is 1.53. The van der Waals surface area contributed by atoms with Gasteiger partial charge in [-0.2, -0.15) is 0 Å². The molecular weight excluding hydrogens is 495 g/mol. The lowest BCUT2D eigenvalue weighted by Crippen LogP contribution is -2.15. The fourth-order valence-corrected chi connectivity index (χ4v) is 5.15. The Labute approximate surface area is 210 Å². The first-order valence-corrected chi connectivity index (χ1v) is 12.9. The molecule has 0 atom stereocenters. The normalized spacial score (nSPS) is 11.2. The summed E-state index contributed by atoms with van der Waals surface area (Å²) >= 11 is 11.9. The van der Waals surface area contributed by atoms with Crippen LogP contribution in [0.3, 0.4) is 0 Å². The number of amides is 1. The lowest BCUT2D eigenvalue weighted by molar-refractivity contribution is -0.116. The van der Waals surface area contributed by atoms with Gasteiger partial charge in [-0.25, -0.2) is 8.42 Å². The van der Waals surface area contributed by atoms with Gasteiger partial charge >= 0.3 is 0 Å². The van der Waals surface area contributed by atoms with Gasteiger partial charge in [0.25, 0.3) is 10.0 Å². The Morgan fingerprint density at radius 2 is 1.59 bits per heavy atom. The Bertz CT molecular complexity index is 1270. The van der Waals surface area contributed by atoms with Crippen molar-refractivity contribution in [2.24, 2.45) is 0 Å². The first kappa shape index (κ1) is 25.9. The molecule has 0 aliphatic rings. The molecule has 0 heterocycles. The summed E-state index contributed by atoms with van der Waals surface area (Å²) in [6.07, 6.45) is 0.717. The molecule has 1 amide bonds. The monoisotopic (exact) mass is 520 g/mol. The zero-order valence-electron chi connectivity index (χ0n) is 19.1. The SMILES string of the molecule is Cc1cc(C)c(NS(=O)(=O)c2ccc(NC(=O)CCCOc3ccc(Cl)cc3Cl)cc2)c(C)c1. The molecule has 0 saturated heterocycles. The number of carbonyl (C=O) groups excluding carboxylic acids is 1. The van der Waals surface area contributed by atoms with E-state index in [9.17, 15) is 13.2 Å². The molecule has 0 aromatic heterocycles. The number of aryl methyl sites for hydroxylation is 3. The van der Waals surface area contributed by atoms with E-state index in [-0.39, 0.29) is 17.2 Å². The van der Waals surface area contributed by atoms with Crippen LogP contribution in [0.5, 0.6) is 5.75 Å². The smallest absolute Gasteiger partial charge is 0.261 e. The molecule has 0 radical (unpaired) electrons. The molecule has 0 bridgehead atoms. The summed E-state index contributed by atoms with van der Waals surface area (Å²) in [4.78, 5) is 12.3. The van der Waals surface area contributed by atoms with E-state index in [1.165, 1.54) is 12.1 Å². The number of carbonyl (C=O) groups is 1. The van der Waals surface area contributed by atoms with Gasteiger partial charge in [0.05, 0.1) is 22.2 Å². The number of rotatable bonds is 9. The van der Waals surface area contributed by atoms with Crippen LogP contribution in [0, 0.1) is 20.8 Å². The van der Waals surface area contributed by atoms with Gasteiger partial charge in [0, 0.05) is 17.1 Å². The molecule has 0 aliphatic heterocycles. The minimum atomic E-state index is -3.76. The van der Waals surface area contributed by atoms with Crippen molar-refractivity contribution in [3.05, 3.63) is 81.3 Å². The number of anilines is 2. The van der Waals surface area contributed by atoms with E-state index in [1.807, 2.05) is 32.9 Å². The van der Waals surface area contributed by atoms with Gasteiger partial charge in [0.2, 0.25) is 5.91 Å². The fourth-order valence-electron chi connectivity index (χ4n) is 3.48. The van der Waals surface area contributed by atoms with E-state index >= 15 is 0 Å². The van der Waals surface area contributed by atoms with Crippen molar-refractivity contribution in [2.45, 2.75) is 38.5 Å². The summed E-state index contributed by atoms with van der Waals surface area (Å²) in [7, 11) is -3.76. The second-order valence-electron chi connectivity index (χ2n) is 7.98. The van der Waals surface area contributed by atoms with Gasteiger partial charge in [-0.05, 0) is 80.8 Å². The number of benzene rings is 3. The topological polar surface area (TPSA) is 84.5 Å². The van der Waals surface area contributed by atoms with Crippen molar-refractivity contribution in [1.82, 2.24) is 0 Å². The summed E-state index contributed by atoms with van der Waals surface area (Å²) in [5.74, 6) is 0.304. The zero-order chi connectivity index (χ0) is 24.9. The van der Waals surface area contributed by atoms with Crippen molar-refractivity contribution in [3.63, 3.8) is 0 Å². The number of hydrogen-bond donors (Lipinski definition) is 2. The number of ether oxygens (including phenoxy) is 1. The molecule has 9 heteroatoms. The molecule has 0 spiro atoms. The molecule has 0 saturated carbocycles. The van der Waals surface area contributed by atoms with Crippen LogP contribution in [0.1, 0.15) is 29.5 Å². The van der Waals surface area contributed by atoms with Crippen LogP contribution in [0.15, 0.2) is 59.5 Å². The van der Waals surface area contributed by atoms with Crippen molar-refractivity contribution < 1.29 is 17.9 Å². The van der Waals surface area contributed by atoms with E-state index < -0.39 is 10.0 Å². The van der Waals surface area contributed by atoms with E-state index in [2.05, 4.69) is 10.0 Å². The first-order chi connectivity index (χ1) is 16.0. The average Bonchev–Trinajstić information content (AvgIpc) is 2.75. The van der Waals surface area contributed by atoms with Crippen LogP contribution in [-0.4, -0.2) is 20.9 Å². The first-order valence-electron chi connectivity index (χ1n) is 10.6. The minimum Gasteiger partial charge on any atom is -0.492 e. The van der Waals surface area contributed by atoms with Crippen LogP contribution in [0.25, 0.3) is 0 Å². The summed E-state index contributed by atoms with van der Waals surface area (Å²) in [6, 6.07) is 14.8. The standard InChI is InChI=1S/C25H26Cl2N2O4S/c1-16-13-17(2)25(18(3)14-16)29-34(31,32)21-9-7-20(8-10-21)28-24(30)5-4-12-33-23-11-6-19(26)15-22(23)27/h6-11,13-15,29H,4-5,12H2,1-3H3,(H,28,30). The van der Waals surface area contributed by atoms with E-state index in [0.717, 1.165) is 16.7 Å². The average molecular weight is 521 g/mol. The molecule has 3 aromatic rings. The van der Waals surface area contributed by atoms with E-state index in [4.69, 9.17) is 27.9 Å². The highest BCUT2D eigenvalue weighted by atomic mass is 35.5. The van der Waals surface area contributed by atoms with Gasteiger partial charge in [-0.15, -0.1) is 0 Å². The Morgan fingerprint density at radius 3 is 2.21 bits per heavy atom. The lowest BCUT2D eigenvalue weighted by Gasteiger charge is -2.14. The third-order valence-electron chi connectivity index (χ3n) is 5.06. The maximum atomic E-state index is 12.8. The maximum absolute atomic E-state index is 12.8. The third-order valence-corrected chi connectivity index (χ3v) is 6.96. The summed E-state index contributed by atoms with van der Waals surface area (Å²) in [6.45, 7) is 6.01. The molecule has 3 rings (SSSR count). The molecular formula is C25H26Cl2N2O4S. The van der Waals surface area contributed by atoms with E-state index in [0.29, 0.717) is 40.2 Å². The highest BCUT2D eigenvalue weighted by Gasteiger charge is 2.17. The quantitative estimate of drug-likeness (QED) is 0.314. The van der Waals surface area contributed by atoms with Crippen LogP contribution in [0.4, 0.5) is 11.4 Å². The van der Waals surface area contributed by atoms with Gasteiger partial charge in [0.1, 0.15) is 5.75 Å². The van der Waals surface area contributed by atoms with Crippen molar-refractivity contribution >= 4 is 50.5 Å². The van der Waals surface area contributed by atoms with E-state index in [1.54, 1.807) is 30.3 Å². The summed E-state index contributed by atoms with van der Waals surface area (Å²) in [5.41, 5.74) is 3.86. The fraction of sp³-hybridized carbons (Fsp3) is 0.240. The molecule has 0 aliphatic carbocycles. The number of nitrogens with one attached hydrogen (secondary N) is 2. The van der Waals surface area contributed by atoms with Gasteiger partial charge in [0.15, 0.2) is 0 Å². The zero-order valence-corrected chi connectivity index (χ0v) is 21.4. The van der Waals surface area contributed by atoms with Gasteiger partial charge in [-0.1, -0.05) is 40.9 Å². The molecule has 180 valence electrons. The van der Waals surface area contributed by atoms with Crippen LogP contribution >= 0.6 is 23.2 Å². The molecule has 6 nitrogen and oxygen atoms in total. The Morgan fingerprint density at radius 1 is 0.941 bits per heavy atom. The third kappa shape index (κ3) is 6.88. The number of sulfonamides is 1. The number of hydrogen-bond acceptors (Lipinski definition) is 4. The van der Waals surface area contributed by atoms with Gasteiger partial charge in [-0.3, -0.25) is 9.52 Å². The summed E-state index contributed by atoms with van der Waals surface area (Å²) < 4.78 is 33.9.